The summed E-state index contributed by atoms with van der Waals surface area (Å²) in [6.07, 6.45) is 0. The highest BCUT2D eigenvalue weighted by molar-refractivity contribution is 9.08. The third kappa shape index (κ3) is 2.72. The summed E-state index contributed by atoms with van der Waals surface area (Å²) in [7, 11) is 0. The van der Waals surface area contributed by atoms with E-state index in [2.05, 4.69) is 15.9 Å². The number of rotatable bonds is 3. The highest BCUT2D eigenvalue weighted by atomic mass is 79.9. The van der Waals surface area contributed by atoms with Gasteiger partial charge in [-0.3, -0.25) is 4.79 Å². The smallest absolute Gasteiger partial charge is 0.181 e. The molecule has 1 rings (SSSR count). The molecule has 14 heavy (non-hydrogen) atoms. The molecule has 4 heteroatoms. The maximum Gasteiger partial charge on any atom is 0.181 e. The van der Waals surface area contributed by atoms with Crippen molar-refractivity contribution >= 4 is 44.9 Å². The van der Waals surface area contributed by atoms with Crippen molar-refractivity contribution in [2.75, 3.05) is 0 Å². The van der Waals surface area contributed by atoms with Gasteiger partial charge in [0.15, 0.2) is 5.78 Å². The number of ketones is 1. The highest BCUT2D eigenvalue weighted by Gasteiger charge is 2.15. The van der Waals surface area contributed by atoms with E-state index in [1.807, 2.05) is 6.07 Å². The van der Waals surface area contributed by atoms with Crippen LogP contribution >= 0.6 is 39.1 Å². The van der Waals surface area contributed by atoms with Crippen molar-refractivity contribution in [2.24, 2.45) is 0 Å². The van der Waals surface area contributed by atoms with E-state index < -0.39 is 5.38 Å². The number of carbonyl (C=O) groups excluding carboxylic acids is 1. The monoisotopic (exact) mass is 294 g/mol. The first-order valence-electron chi connectivity index (χ1n) is 4.09. The molecule has 0 aliphatic rings. The maximum atomic E-state index is 11.5. The average molecular weight is 296 g/mol. The molecule has 0 heterocycles. The molecule has 0 saturated heterocycles. The first-order chi connectivity index (χ1) is 6.56. The Morgan fingerprint density at radius 3 is 2.64 bits per heavy atom. The van der Waals surface area contributed by atoms with Gasteiger partial charge in [0, 0.05) is 10.9 Å². The Morgan fingerprint density at radius 2 is 2.21 bits per heavy atom. The molecule has 1 atom stereocenters. The molecular weight excluding hydrogens is 287 g/mol. The molecular formula is C10H9BrCl2O. The van der Waals surface area contributed by atoms with Crippen LogP contribution < -0.4 is 0 Å². The predicted molar refractivity (Wildman–Crippen MR) is 63.7 cm³/mol. The Balaban J connectivity index is 3.06. The molecule has 0 aromatic heterocycles. The summed E-state index contributed by atoms with van der Waals surface area (Å²) in [5.74, 6) is -0.141. The van der Waals surface area contributed by atoms with E-state index in [1.54, 1.807) is 19.1 Å². The van der Waals surface area contributed by atoms with Gasteiger partial charge < -0.3 is 0 Å². The van der Waals surface area contributed by atoms with Gasteiger partial charge in [0.1, 0.15) is 0 Å². The van der Waals surface area contributed by atoms with E-state index in [9.17, 15) is 4.79 Å². The lowest BCUT2D eigenvalue weighted by atomic mass is 10.1. The van der Waals surface area contributed by atoms with Crippen LogP contribution in [0.2, 0.25) is 5.02 Å². The lowest BCUT2D eigenvalue weighted by Crippen LogP contribution is -2.11. The number of alkyl halides is 2. The van der Waals surface area contributed by atoms with Gasteiger partial charge in [0.05, 0.1) is 10.4 Å². The normalized spacial score (nSPS) is 12.6. The fourth-order valence-corrected chi connectivity index (χ4v) is 1.82. The third-order valence-electron chi connectivity index (χ3n) is 1.81. The lowest BCUT2D eigenvalue weighted by molar-refractivity contribution is 0.0992. The minimum atomic E-state index is -0.540. The van der Waals surface area contributed by atoms with Crippen LogP contribution in [0.5, 0.6) is 0 Å². The lowest BCUT2D eigenvalue weighted by Gasteiger charge is -2.06. The zero-order chi connectivity index (χ0) is 10.7. The Morgan fingerprint density at radius 1 is 1.57 bits per heavy atom. The zero-order valence-electron chi connectivity index (χ0n) is 7.56. The van der Waals surface area contributed by atoms with Crippen LogP contribution in [0, 0.1) is 0 Å². The maximum absolute atomic E-state index is 11.5. The largest absolute Gasteiger partial charge is 0.292 e. The van der Waals surface area contributed by atoms with Crippen molar-refractivity contribution in [2.45, 2.75) is 17.6 Å². The topological polar surface area (TPSA) is 17.1 Å². The van der Waals surface area contributed by atoms with E-state index in [1.165, 1.54) is 0 Å². The van der Waals surface area contributed by atoms with Crippen LogP contribution in [0.4, 0.5) is 0 Å². The minimum Gasteiger partial charge on any atom is -0.292 e. The number of carbonyl (C=O) groups is 1. The van der Waals surface area contributed by atoms with Crippen LogP contribution in [0.1, 0.15) is 22.8 Å². The van der Waals surface area contributed by atoms with Gasteiger partial charge in [0.2, 0.25) is 0 Å². The number of halogens is 3. The van der Waals surface area contributed by atoms with Gasteiger partial charge in [-0.2, -0.15) is 0 Å². The van der Waals surface area contributed by atoms with E-state index in [0.717, 1.165) is 10.9 Å². The number of Topliss-reactive ketones (excluding diaryl/α,β-unsaturated/α-hetero) is 1. The molecule has 0 bridgehead atoms. The van der Waals surface area contributed by atoms with Crippen molar-refractivity contribution in [1.29, 1.82) is 0 Å². The first-order valence-corrected chi connectivity index (χ1v) is 6.02. The van der Waals surface area contributed by atoms with Crippen molar-refractivity contribution in [3.05, 3.63) is 34.3 Å². The molecule has 0 saturated carbocycles. The fraction of sp³-hybridized carbons (Fsp3) is 0.300. The van der Waals surface area contributed by atoms with Gasteiger partial charge in [-0.1, -0.05) is 33.6 Å². The highest BCUT2D eigenvalue weighted by Crippen LogP contribution is 2.21. The van der Waals surface area contributed by atoms with Crippen LogP contribution in [0.15, 0.2) is 18.2 Å². The van der Waals surface area contributed by atoms with Gasteiger partial charge in [-0.15, -0.1) is 11.6 Å². The minimum absolute atomic E-state index is 0.141. The predicted octanol–water partition coefficient (Wildman–Crippen LogP) is 4.04. The molecule has 1 aromatic carbocycles. The zero-order valence-corrected chi connectivity index (χ0v) is 10.7. The second kappa shape index (κ2) is 5.15. The van der Waals surface area contributed by atoms with Gasteiger partial charge in [0.25, 0.3) is 0 Å². The standard InChI is InChI=1S/C10H9BrCl2O/c1-6(12)10(14)8-3-2-7(5-11)4-9(8)13/h2-4,6H,5H2,1H3. The van der Waals surface area contributed by atoms with E-state index in [0.29, 0.717) is 10.6 Å². The summed E-state index contributed by atoms with van der Waals surface area (Å²) in [6.45, 7) is 1.64. The van der Waals surface area contributed by atoms with E-state index >= 15 is 0 Å². The van der Waals surface area contributed by atoms with Crippen LogP contribution in [-0.4, -0.2) is 11.2 Å². The SMILES string of the molecule is CC(Cl)C(=O)c1ccc(CBr)cc1Cl. The Labute approximate surface area is 102 Å². The number of hydrogen-bond acceptors (Lipinski definition) is 1. The van der Waals surface area contributed by atoms with Crippen molar-refractivity contribution in [1.82, 2.24) is 0 Å². The summed E-state index contributed by atoms with van der Waals surface area (Å²) >= 11 is 15.0. The van der Waals surface area contributed by atoms with Crippen molar-refractivity contribution in [3.8, 4) is 0 Å². The Bertz CT molecular complexity index is 350. The van der Waals surface area contributed by atoms with Crippen molar-refractivity contribution in [3.63, 3.8) is 0 Å². The van der Waals surface area contributed by atoms with E-state index in [-0.39, 0.29) is 5.78 Å². The van der Waals surface area contributed by atoms with Crippen LogP contribution in [-0.2, 0) is 5.33 Å². The molecule has 0 aliphatic carbocycles. The third-order valence-corrected chi connectivity index (χ3v) is 2.97. The van der Waals surface area contributed by atoms with Crippen LogP contribution in [0.25, 0.3) is 0 Å². The van der Waals surface area contributed by atoms with Crippen molar-refractivity contribution < 1.29 is 4.79 Å². The summed E-state index contributed by atoms with van der Waals surface area (Å²) in [6, 6.07) is 5.33. The quantitative estimate of drug-likeness (QED) is 0.607. The fourth-order valence-electron chi connectivity index (χ4n) is 1.06. The second-order valence-electron chi connectivity index (χ2n) is 2.93. The van der Waals surface area contributed by atoms with Crippen LogP contribution in [0.3, 0.4) is 0 Å². The summed E-state index contributed by atoms with van der Waals surface area (Å²) in [5, 5.41) is 0.638. The summed E-state index contributed by atoms with van der Waals surface area (Å²) in [4.78, 5) is 11.5. The number of benzene rings is 1. The van der Waals surface area contributed by atoms with Gasteiger partial charge in [-0.05, 0) is 24.6 Å². The molecule has 0 fully saturated rings. The molecule has 0 aliphatic heterocycles. The molecule has 1 nitrogen and oxygen atoms in total. The van der Waals surface area contributed by atoms with Gasteiger partial charge >= 0.3 is 0 Å². The second-order valence-corrected chi connectivity index (χ2v) is 4.55. The summed E-state index contributed by atoms with van der Waals surface area (Å²) < 4.78 is 0. The number of hydrogen-bond donors (Lipinski definition) is 0. The molecule has 0 amide bonds. The molecule has 0 radical (unpaired) electrons. The average Bonchev–Trinajstić information content (AvgIpc) is 2.16. The molecule has 76 valence electrons. The summed E-state index contributed by atoms with van der Waals surface area (Å²) in [5.41, 5.74) is 1.52. The molecule has 0 spiro atoms. The molecule has 1 aromatic rings. The Kier molecular flexibility index (Phi) is 4.42. The Hall–Kier alpha value is -0.0500. The van der Waals surface area contributed by atoms with Gasteiger partial charge in [-0.25, -0.2) is 0 Å². The van der Waals surface area contributed by atoms with E-state index in [4.69, 9.17) is 23.2 Å². The molecule has 1 unspecified atom stereocenters. The first kappa shape index (κ1) is 12.0. The molecule has 0 N–H and O–H groups in total.